The predicted molar refractivity (Wildman–Crippen MR) is 65.8 cm³/mol. The highest BCUT2D eigenvalue weighted by Crippen LogP contribution is 2.17. The second kappa shape index (κ2) is 7.25. The van der Waals surface area contributed by atoms with Crippen LogP contribution >= 0.6 is 21.8 Å². The van der Waals surface area contributed by atoms with Crippen molar-refractivity contribution < 1.29 is 9.53 Å². The van der Waals surface area contributed by atoms with Gasteiger partial charge in [-0.15, -0.1) is 6.58 Å². The lowest BCUT2D eigenvalue weighted by molar-refractivity contribution is 0.207. The quantitative estimate of drug-likeness (QED) is 0.372. The Morgan fingerprint density at radius 3 is 2.87 bits per heavy atom. The van der Waals surface area contributed by atoms with Gasteiger partial charge in [0.1, 0.15) is 5.75 Å². The van der Waals surface area contributed by atoms with Crippen LogP contribution in [0.3, 0.4) is 0 Å². The molecule has 0 saturated heterocycles. The zero-order valence-electron chi connectivity index (χ0n) is 8.01. The summed E-state index contributed by atoms with van der Waals surface area (Å²) in [5, 5.41) is 0. The standard InChI is InChI=1S/C10H11NO2S2/c1-2-8-14-15-11-10(12)13-9-6-4-3-5-7-9/h2-7H,1,8H2,(H,11,12). The molecule has 1 amide bonds. The first-order chi connectivity index (χ1) is 7.33. The fourth-order valence-electron chi connectivity index (χ4n) is 0.762. The van der Waals surface area contributed by atoms with Gasteiger partial charge in [-0.3, -0.25) is 4.72 Å². The molecule has 0 atom stereocenters. The number of para-hydroxylation sites is 1. The van der Waals surface area contributed by atoms with Crippen LogP contribution in [0.25, 0.3) is 0 Å². The van der Waals surface area contributed by atoms with E-state index >= 15 is 0 Å². The number of rotatable bonds is 5. The third kappa shape index (κ3) is 5.39. The Labute approximate surface area is 96.8 Å². The predicted octanol–water partition coefficient (Wildman–Crippen LogP) is 3.26. The van der Waals surface area contributed by atoms with Gasteiger partial charge in [-0.2, -0.15) is 0 Å². The zero-order chi connectivity index (χ0) is 10.9. The summed E-state index contributed by atoms with van der Waals surface area (Å²) in [5.41, 5.74) is 0. The average Bonchev–Trinajstić information content (AvgIpc) is 2.26. The first kappa shape index (κ1) is 12.0. The molecule has 0 fully saturated rings. The number of hydrogen-bond acceptors (Lipinski definition) is 4. The van der Waals surface area contributed by atoms with Crippen LogP contribution < -0.4 is 9.46 Å². The molecule has 15 heavy (non-hydrogen) atoms. The summed E-state index contributed by atoms with van der Waals surface area (Å²) >= 11 is 0. The highest BCUT2D eigenvalue weighted by molar-refractivity contribution is 8.76. The van der Waals surface area contributed by atoms with Crippen molar-refractivity contribution in [3.05, 3.63) is 43.0 Å². The van der Waals surface area contributed by atoms with Crippen LogP contribution in [0, 0.1) is 0 Å². The van der Waals surface area contributed by atoms with Crippen molar-refractivity contribution in [2.45, 2.75) is 0 Å². The maximum atomic E-state index is 11.2. The number of benzene rings is 1. The highest BCUT2D eigenvalue weighted by Gasteiger charge is 2.02. The van der Waals surface area contributed by atoms with E-state index in [-0.39, 0.29) is 0 Å². The van der Waals surface area contributed by atoms with Crippen LogP contribution in [0.15, 0.2) is 43.0 Å². The minimum atomic E-state index is -0.470. The Balaban J connectivity index is 2.22. The van der Waals surface area contributed by atoms with E-state index in [0.29, 0.717) is 5.75 Å². The molecular formula is C10H11NO2S2. The lowest BCUT2D eigenvalue weighted by atomic mass is 10.3. The molecule has 0 bridgehead atoms. The molecule has 0 saturated carbocycles. The fourth-order valence-corrected chi connectivity index (χ4v) is 1.97. The molecule has 1 aromatic carbocycles. The van der Waals surface area contributed by atoms with Gasteiger partial charge < -0.3 is 4.74 Å². The molecule has 5 heteroatoms. The molecule has 0 aliphatic carbocycles. The van der Waals surface area contributed by atoms with E-state index in [1.807, 2.05) is 18.2 Å². The minimum Gasteiger partial charge on any atom is -0.410 e. The number of carbonyl (C=O) groups excluding carboxylic acids is 1. The van der Waals surface area contributed by atoms with Crippen LogP contribution in [-0.4, -0.2) is 11.8 Å². The molecule has 0 radical (unpaired) electrons. The van der Waals surface area contributed by atoms with Gasteiger partial charge in [-0.1, -0.05) is 35.1 Å². The van der Waals surface area contributed by atoms with E-state index in [0.717, 1.165) is 5.75 Å². The van der Waals surface area contributed by atoms with E-state index in [4.69, 9.17) is 4.74 Å². The maximum Gasteiger partial charge on any atom is 0.423 e. The van der Waals surface area contributed by atoms with E-state index in [2.05, 4.69) is 11.3 Å². The van der Waals surface area contributed by atoms with Gasteiger partial charge in [0, 0.05) is 16.7 Å². The SMILES string of the molecule is C=CCSSNC(=O)Oc1ccccc1. The van der Waals surface area contributed by atoms with E-state index in [1.54, 1.807) is 18.2 Å². The molecule has 0 spiro atoms. The van der Waals surface area contributed by atoms with Crippen LogP contribution in [-0.2, 0) is 0 Å². The summed E-state index contributed by atoms with van der Waals surface area (Å²) in [6.45, 7) is 3.57. The molecule has 1 aromatic rings. The molecule has 0 aliphatic rings. The number of carbonyl (C=O) groups is 1. The van der Waals surface area contributed by atoms with Gasteiger partial charge in [0.05, 0.1) is 0 Å². The largest absolute Gasteiger partial charge is 0.423 e. The van der Waals surface area contributed by atoms with Crippen molar-refractivity contribution in [2.75, 3.05) is 5.75 Å². The van der Waals surface area contributed by atoms with E-state index in [9.17, 15) is 4.79 Å². The summed E-state index contributed by atoms with van der Waals surface area (Å²) in [5.74, 6) is 1.31. The van der Waals surface area contributed by atoms with Crippen LogP contribution in [0.5, 0.6) is 5.75 Å². The monoisotopic (exact) mass is 241 g/mol. The topological polar surface area (TPSA) is 38.3 Å². The third-order valence-electron chi connectivity index (χ3n) is 1.32. The van der Waals surface area contributed by atoms with Crippen molar-refractivity contribution >= 4 is 27.9 Å². The number of ether oxygens (including phenoxy) is 1. The maximum absolute atomic E-state index is 11.2. The van der Waals surface area contributed by atoms with E-state index in [1.165, 1.54) is 21.8 Å². The van der Waals surface area contributed by atoms with Crippen molar-refractivity contribution in [3.8, 4) is 5.75 Å². The molecule has 0 aromatic heterocycles. The molecule has 1 rings (SSSR count). The van der Waals surface area contributed by atoms with Crippen LogP contribution in [0.2, 0.25) is 0 Å². The highest BCUT2D eigenvalue weighted by atomic mass is 33.1. The smallest absolute Gasteiger partial charge is 0.410 e. The fraction of sp³-hybridized carbons (Fsp3) is 0.100. The van der Waals surface area contributed by atoms with Gasteiger partial charge in [0.15, 0.2) is 0 Å². The Bertz CT molecular complexity index is 316. The van der Waals surface area contributed by atoms with Crippen molar-refractivity contribution in [3.63, 3.8) is 0 Å². The number of hydrogen-bond donors (Lipinski definition) is 1. The molecule has 1 N–H and O–H groups in total. The van der Waals surface area contributed by atoms with Crippen molar-refractivity contribution in [1.29, 1.82) is 0 Å². The molecule has 0 aliphatic heterocycles. The second-order valence-corrected chi connectivity index (χ2v) is 4.61. The number of amides is 1. The molecular weight excluding hydrogens is 230 g/mol. The molecule has 0 unspecified atom stereocenters. The molecule has 3 nitrogen and oxygen atoms in total. The normalized spacial score (nSPS) is 9.33. The lowest BCUT2D eigenvalue weighted by Crippen LogP contribution is -2.19. The Hall–Kier alpha value is -1.07. The van der Waals surface area contributed by atoms with E-state index < -0.39 is 6.09 Å². The second-order valence-electron chi connectivity index (χ2n) is 2.46. The first-order valence-corrected chi connectivity index (χ1v) is 6.57. The van der Waals surface area contributed by atoms with Crippen molar-refractivity contribution in [1.82, 2.24) is 4.72 Å². The van der Waals surface area contributed by atoms with Gasteiger partial charge in [0.2, 0.25) is 0 Å². The summed E-state index contributed by atoms with van der Waals surface area (Å²) in [6.07, 6.45) is 1.30. The summed E-state index contributed by atoms with van der Waals surface area (Å²) in [4.78, 5) is 11.2. The minimum absolute atomic E-state index is 0.470. The van der Waals surface area contributed by atoms with Gasteiger partial charge >= 0.3 is 6.09 Å². The zero-order valence-corrected chi connectivity index (χ0v) is 9.64. The third-order valence-corrected chi connectivity index (χ3v) is 3.08. The van der Waals surface area contributed by atoms with Crippen LogP contribution in [0.1, 0.15) is 0 Å². The van der Waals surface area contributed by atoms with Gasteiger partial charge in [-0.05, 0) is 12.1 Å². The molecule has 80 valence electrons. The van der Waals surface area contributed by atoms with Crippen LogP contribution in [0.4, 0.5) is 4.79 Å². The average molecular weight is 241 g/mol. The first-order valence-electron chi connectivity index (χ1n) is 4.25. The lowest BCUT2D eigenvalue weighted by Gasteiger charge is -2.03. The summed E-state index contributed by atoms with van der Waals surface area (Å²) in [6, 6.07) is 8.92. The summed E-state index contributed by atoms with van der Waals surface area (Å²) in [7, 11) is 2.70. The van der Waals surface area contributed by atoms with Gasteiger partial charge in [0.25, 0.3) is 0 Å². The Morgan fingerprint density at radius 2 is 2.20 bits per heavy atom. The summed E-state index contributed by atoms with van der Waals surface area (Å²) < 4.78 is 7.52. The van der Waals surface area contributed by atoms with Gasteiger partial charge in [-0.25, -0.2) is 4.79 Å². The van der Waals surface area contributed by atoms with Crippen molar-refractivity contribution in [2.24, 2.45) is 0 Å². The number of nitrogens with one attached hydrogen (secondary N) is 1. The molecule has 0 heterocycles. The Morgan fingerprint density at radius 1 is 1.47 bits per heavy atom. The Kier molecular flexibility index (Phi) is 5.80.